The number of alkyl halides is 2. The first-order valence-corrected chi connectivity index (χ1v) is 5.83. The molecule has 1 atom stereocenters. The highest BCUT2D eigenvalue weighted by atomic mass is 32.2. The van der Waals surface area contributed by atoms with Gasteiger partial charge in [0.25, 0.3) is 0 Å². The lowest BCUT2D eigenvalue weighted by atomic mass is 10.2. The summed E-state index contributed by atoms with van der Waals surface area (Å²) in [5.74, 6) is -2.86. The van der Waals surface area contributed by atoms with Crippen LogP contribution >= 0.6 is 0 Å². The standard InChI is InChI=1S/C8H9F2NOS.C2H6/c1-6-3-2-4-7(5-6)11-13(12)8(9)10;1-2/h2-5,8,11H,1H3;1-2H3. The molecule has 0 fully saturated rings. The van der Waals surface area contributed by atoms with Crippen LogP contribution in [0.15, 0.2) is 24.3 Å². The lowest BCUT2D eigenvalue weighted by molar-refractivity contribution is 0.244. The summed E-state index contributed by atoms with van der Waals surface area (Å²) in [6.45, 7) is 5.83. The Bertz CT molecular complexity index is 318. The minimum atomic E-state index is -2.86. The van der Waals surface area contributed by atoms with E-state index in [1.807, 2.05) is 26.8 Å². The van der Waals surface area contributed by atoms with Gasteiger partial charge in [0.05, 0.1) is 0 Å². The number of benzene rings is 1. The van der Waals surface area contributed by atoms with Crippen LogP contribution in [0.3, 0.4) is 0 Å². The molecule has 1 unspecified atom stereocenters. The minimum Gasteiger partial charge on any atom is -0.300 e. The molecule has 0 aromatic heterocycles. The molecule has 1 rings (SSSR count). The van der Waals surface area contributed by atoms with Crippen LogP contribution in [0.4, 0.5) is 14.5 Å². The van der Waals surface area contributed by atoms with Crippen molar-refractivity contribution in [1.29, 1.82) is 0 Å². The van der Waals surface area contributed by atoms with E-state index in [2.05, 4.69) is 4.72 Å². The van der Waals surface area contributed by atoms with Gasteiger partial charge in [-0.2, -0.15) is 8.78 Å². The number of aryl methyl sites for hydroxylation is 1. The molecule has 1 aromatic rings. The van der Waals surface area contributed by atoms with Crippen molar-refractivity contribution in [3.05, 3.63) is 29.8 Å². The molecule has 0 spiro atoms. The largest absolute Gasteiger partial charge is 0.330 e. The predicted octanol–water partition coefficient (Wildman–Crippen LogP) is 3.32. The minimum absolute atomic E-state index is 0.443. The summed E-state index contributed by atoms with van der Waals surface area (Å²) in [6.07, 6.45) is 0. The van der Waals surface area contributed by atoms with Crippen molar-refractivity contribution < 1.29 is 13.0 Å². The number of nitrogens with one attached hydrogen (secondary N) is 1. The summed E-state index contributed by atoms with van der Waals surface area (Å²) in [7, 11) is -2.31. The summed E-state index contributed by atoms with van der Waals surface area (Å²) in [6, 6.07) is 6.78. The Morgan fingerprint density at radius 2 is 1.93 bits per heavy atom. The highest BCUT2D eigenvalue weighted by Gasteiger charge is 2.12. The van der Waals surface area contributed by atoms with Gasteiger partial charge >= 0.3 is 5.76 Å². The molecular weight excluding hydrogens is 220 g/mol. The van der Waals surface area contributed by atoms with E-state index in [0.717, 1.165) is 5.56 Å². The summed E-state index contributed by atoms with van der Waals surface area (Å²) >= 11 is 0. The van der Waals surface area contributed by atoms with Crippen LogP contribution < -0.4 is 4.72 Å². The molecular formula is C10H15F2NOS. The molecule has 1 aromatic carbocycles. The zero-order valence-electron chi connectivity index (χ0n) is 8.96. The fraction of sp³-hybridized carbons (Fsp3) is 0.400. The van der Waals surface area contributed by atoms with Gasteiger partial charge in [-0.25, -0.2) is 4.21 Å². The van der Waals surface area contributed by atoms with E-state index in [0.29, 0.717) is 5.69 Å². The Kier molecular flexibility index (Phi) is 6.86. The Morgan fingerprint density at radius 3 is 2.40 bits per heavy atom. The predicted molar refractivity (Wildman–Crippen MR) is 60.3 cm³/mol. The summed E-state index contributed by atoms with van der Waals surface area (Å²) < 4.78 is 36.6. The van der Waals surface area contributed by atoms with E-state index < -0.39 is 16.7 Å². The second-order valence-corrected chi connectivity index (χ2v) is 3.68. The van der Waals surface area contributed by atoms with E-state index in [1.165, 1.54) is 0 Å². The maximum absolute atomic E-state index is 11.9. The first kappa shape index (κ1) is 14.0. The van der Waals surface area contributed by atoms with Gasteiger partial charge < -0.3 is 4.72 Å². The third-order valence-corrected chi connectivity index (χ3v) is 2.16. The third kappa shape index (κ3) is 5.47. The molecule has 0 aliphatic carbocycles. The van der Waals surface area contributed by atoms with Crippen molar-refractivity contribution in [2.45, 2.75) is 26.5 Å². The number of hydrogen-bond donors (Lipinski definition) is 1. The molecule has 15 heavy (non-hydrogen) atoms. The summed E-state index contributed by atoms with van der Waals surface area (Å²) in [5, 5.41) is 0. The topological polar surface area (TPSA) is 29.1 Å². The number of halogens is 2. The quantitative estimate of drug-likeness (QED) is 0.855. The fourth-order valence-electron chi connectivity index (χ4n) is 0.869. The van der Waals surface area contributed by atoms with Gasteiger partial charge in [0.2, 0.25) is 0 Å². The molecule has 0 bridgehead atoms. The zero-order valence-corrected chi connectivity index (χ0v) is 9.78. The van der Waals surface area contributed by atoms with E-state index >= 15 is 0 Å². The van der Waals surface area contributed by atoms with Crippen LogP contribution in [-0.4, -0.2) is 9.97 Å². The van der Waals surface area contributed by atoms with Crippen LogP contribution in [-0.2, 0) is 11.0 Å². The highest BCUT2D eigenvalue weighted by Crippen LogP contribution is 2.12. The molecule has 2 nitrogen and oxygen atoms in total. The summed E-state index contributed by atoms with van der Waals surface area (Å²) in [5.41, 5.74) is 1.37. The molecule has 86 valence electrons. The number of anilines is 1. The zero-order chi connectivity index (χ0) is 11.8. The molecule has 0 heterocycles. The van der Waals surface area contributed by atoms with Gasteiger partial charge in [0.15, 0.2) is 11.0 Å². The Balaban J connectivity index is 0.000000921. The van der Waals surface area contributed by atoms with Crippen LogP contribution in [0.5, 0.6) is 0 Å². The maximum Gasteiger partial charge on any atom is 0.330 e. The summed E-state index contributed by atoms with van der Waals surface area (Å²) in [4.78, 5) is 0. The van der Waals surface area contributed by atoms with Crippen LogP contribution in [0.25, 0.3) is 0 Å². The van der Waals surface area contributed by atoms with E-state index in [1.54, 1.807) is 18.2 Å². The van der Waals surface area contributed by atoms with Gasteiger partial charge in [-0.15, -0.1) is 0 Å². The van der Waals surface area contributed by atoms with Crippen molar-refractivity contribution in [3.63, 3.8) is 0 Å². The highest BCUT2D eigenvalue weighted by molar-refractivity contribution is 7.86. The van der Waals surface area contributed by atoms with Gasteiger partial charge in [0.1, 0.15) is 0 Å². The second-order valence-electron chi connectivity index (χ2n) is 2.53. The lowest BCUT2D eigenvalue weighted by Crippen LogP contribution is -2.12. The molecule has 0 aliphatic heterocycles. The van der Waals surface area contributed by atoms with Gasteiger partial charge in [-0.05, 0) is 24.6 Å². The average molecular weight is 235 g/mol. The average Bonchev–Trinajstić information content (AvgIpc) is 2.20. The van der Waals surface area contributed by atoms with E-state index in [-0.39, 0.29) is 0 Å². The van der Waals surface area contributed by atoms with Gasteiger partial charge in [-0.3, -0.25) is 0 Å². The normalized spacial score (nSPS) is 11.6. The van der Waals surface area contributed by atoms with Crippen molar-refractivity contribution in [2.75, 3.05) is 4.72 Å². The Morgan fingerprint density at radius 1 is 1.33 bits per heavy atom. The van der Waals surface area contributed by atoms with Crippen molar-refractivity contribution >= 4 is 16.7 Å². The van der Waals surface area contributed by atoms with Gasteiger partial charge in [-0.1, -0.05) is 26.0 Å². The smallest absolute Gasteiger partial charge is 0.300 e. The van der Waals surface area contributed by atoms with E-state index in [9.17, 15) is 13.0 Å². The molecule has 0 aliphatic rings. The van der Waals surface area contributed by atoms with Crippen LogP contribution in [0.1, 0.15) is 19.4 Å². The lowest BCUT2D eigenvalue weighted by Gasteiger charge is -2.04. The monoisotopic (exact) mass is 235 g/mol. The molecule has 0 radical (unpaired) electrons. The number of hydrogen-bond acceptors (Lipinski definition) is 1. The van der Waals surface area contributed by atoms with Crippen LogP contribution in [0, 0.1) is 6.92 Å². The molecule has 0 saturated heterocycles. The van der Waals surface area contributed by atoms with E-state index in [4.69, 9.17) is 0 Å². The SMILES string of the molecule is CC.Cc1cccc(NS(=O)C(F)F)c1. The second kappa shape index (κ2) is 7.34. The van der Waals surface area contributed by atoms with Gasteiger partial charge in [0, 0.05) is 5.69 Å². The van der Waals surface area contributed by atoms with Crippen molar-refractivity contribution in [3.8, 4) is 0 Å². The first-order chi connectivity index (χ1) is 7.09. The molecule has 1 N–H and O–H groups in total. The molecule has 0 saturated carbocycles. The Hall–Kier alpha value is -0.970. The third-order valence-electron chi connectivity index (χ3n) is 1.40. The number of rotatable bonds is 3. The molecule has 5 heteroatoms. The van der Waals surface area contributed by atoms with Crippen molar-refractivity contribution in [1.82, 2.24) is 0 Å². The fourth-order valence-corrected chi connectivity index (χ4v) is 1.32. The van der Waals surface area contributed by atoms with Crippen molar-refractivity contribution in [2.24, 2.45) is 0 Å². The maximum atomic E-state index is 11.9. The first-order valence-electron chi connectivity index (χ1n) is 4.61. The Labute approximate surface area is 91.3 Å². The molecule has 0 amide bonds. The van der Waals surface area contributed by atoms with Crippen LogP contribution in [0.2, 0.25) is 0 Å².